The second-order valence-corrected chi connectivity index (χ2v) is 21.4. The van der Waals surface area contributed by atoms with Crippen LogP contribution in [0.1, 0.15) is 126 Å². The van der Waals surface area contributed by atoms with Crippen LogP contribution in [0.4, 0.5) is 0 Å². The molecule has 0 bridgehead atoms. The monoisotopic (exact) mass is 742 g/mol. The molecule has 0 spiro atoms. The molecule has 0 aliphatic heterocycles. The molecule has 4 nitrogen and oxygen atoms in total. The zero-order valence-electron chi connectivity index (χ0n) is 34.2. The lowest BCUT2D eigenvalue weighted by Gasteiger charge is -2.34. The van der Waals surface area contributed by atoms with Gasteiger partial charge in [-0.2, -0.15) is 0 Å². The minimum absolute atomic E-state index is 0.0980. The van der Waals surface area contributed by atoms with Gasteiger partial charge < -0.3 is 18.9 Å². The number of hydrogen-bond acceptors (Lipinski definition) is 6. The van der Waals surface area contributed by atoms with Gasteiger partial charge in [-0.3, -0.25) is 0 Å². The van der Waals surface area contributed by atoms with E-state index < -0.39 is 0 Å². The van der Waals surface area contributed by atoms with Crippen molar-refractivity contribution < 1.29 is 18.9 Å². The van der Waals surface area contributed by atoms with Crippen molar-refractivity contribution in [3.05, 3.63) is 107 Å². The van der Waals surface area contributed by atoms with Crippen molar-refractivity contribution in [1.82, 2.24) is 0 Å². The molecule has 52 heavy (non-hydrogen) atoms. The van der Waals surface area contributed by atoms with Crippen molar-refractivity contribution >= 4 is 23.5 Å². The summed E-state index contributed by atoms with van der Waals surface area (Å²) in [5.74, 6) is 3.44. The van der Waals surface area contributed by atoms with E-state index in [2.05, 4.69) is 121 Å². The van der Waals surface area contributed by atoms with Crippen LogP contribution in [0, 0.1) is 0 Å². The third-order valence-electron chi connectivity index (χ3n) is 9.23. The summed E-state index contributed by atoms with van der Waals surface area (Å²) in [7, 11) is 0. The van der Waals surface area contributed by atoms with E-state index in [1.807, 2.05) is 84.2 Å². The summed E-state index contributed by atoms with van der Waals surface area (Å²) in [5.41, 5.74) is 4.25. The van der Waals surface area contributed by atoms with E-state index in [0.717, 1.165) is 29.4 Å². The van der Waals surface area contributed by atoms with E-state index >= 15 is 0 Å². The highest BCUT2D eigenvalue weighted by Crippen LogP contribution is 2.51. The fourth-order valence-corrected chi connectivity index (χ4v) is 8.52. The van der Waals surface area contributed by atoms with Gasteiger partial charge in [-0.05, 0) is 90.5 Å². The predicted molar refractivity (Wildman–Crippen MR) is 223 cm³/mol. The van der Waals surface area contributed by atoms with Crippen molar-refractivity contribution in [2.75, 3.05) is 13.6 Å². The van der Waals surface area contributed by atoms with Gasteiger partial charge >= 0.3 is 0 Å². The van der Waals surface area contributed by atoms with Crippen molar-refractivity contribution in [2.45, 2.75) is 139 Å². The van der Waals surface area contributed by atoms with Crippen LogP contribution in [0.3, 0.4) is 0 Å². The molecular weight excluding hydrogens is 681 g/mol. The van der Waals surface area contributed by atoms with Crippen LogP contribution in [0.2, 0.25) is 0 Å². The van der Waals surface area contributed by atoms with Gasteiger partial charge in [0.25, 0.3) is 0 Å². The fraction of sp³-hybridized carbons (Fsp3) is 0.478. The molecule has 0 aliphatic carbocycles. The molecule has 0 unspecified atom stereocenters. The highest BCUT2D eigenvalue weighted by Gasteiger charge is 2.33. The molecule has 0 aliphatic rings. The van der Waals surface area contributed by atoms with Crippen LogP contribution in [-0.2, 0) is 21.7 Å². The van der Waals surface area contributed by atoms with Crippen LogP contribution in [0.15, 0.2) is 94.7 Å². The third kappa shape index (κ3) is 11.1. The zero-order valence-corrected chi connectivity index (χ0v) is 35.8. The summed E-state index contributed by atoms with van der Waals surface area (Å²) < 4.78 is 24.9. The number of ether oxygens (including phenoxy) is 4. The Labute approximate surface area is 323 Å². The van der Waals surface area contributed by atoms with E-state index in [1.54, 1.807) is 0 Å². The molecule has 4 aromatic carbocycles. The third-order valence-corrected chi connectivity index (χ3v) is 11.7. The second-order valence-electron chi connectivity index (χ2n) is 17.7. The summed E-state index contributed by atoms with van der Waals surface area (Å²) >= 11 is 3.81. The Balaban J connectivity index is 1.70. The molecule has 4 aromatic rings. The molecular formula is C46H62O4S2. The fourth-order valence-electron chi connectivity index (χ4n) is 5.93. The second kappa shape index (κ2) is 16.4. The molecule has 0 aromatic heterocycles. The van der Waals surface area contributed by atoms with E-state index in [4.69, 9.17) is 18.9 Å². The topological polar surface area (TPSA) is 36.9 Å². The Morgan fingerprint density at radius 1 is 0.442 bits per heavy atom. The summed E-state index contributed by atoms with van der Waals surface area (Å²) in [4.78, 5) is 2.47. The van der Waals surface area contributed by atoms with Crippen LogP contribution in [0.5, 0.6) is 23.0 Å². The minimum atomic E-state index is -0.190. The van der Waals surface area contributed by atoms with E-state index in [1.165, 1.54) is 32.0 Å². The maximum Gasteiger partial charge on any atom is 0.230 e. The lowest BCUT2D eigenvalue weighted by molar-refractivity contribution is 0.115. The number of thioether (sulfide) groups is 2. The predicted octanol–water partition coefficient (Wildman–Crippen LogP) is 13.7. The molecule has 282 valence electrons. The highest BCUT2D eigenvalue weighted by atomic mass is 32.2. The Morgan fingerprint density at radius 2 is 0.769 bits per heavy atom. The molecule has 0 atom stereocenters. The number of benzene rings is 4. The van der Waals surface area contributed by atoms with Gasteiger partial charge in [-0.15, -0.1) is 23.5 Å². The van der Waals surface area contributed by atoms with Gasteiger partial charge in [-0.1, -0.05) is 119 Å². The van der Waals surface area contributed by atoms with Crippen LogP contribution < -0.4 is 18.9 Å². The van der Waals surface area contributed by atoms with Crippen molar-refractivity contribution in [2.24, 2.45) is 0 Å². The molecule has 0 saturated heterocycles. The van der Waals surface area contributed by atoms with Gasteiger partial charge in [0.05, 0.1) is 4.08 Å². The molecule has 0 fully saturated rings. The Hall–Kier alpha value is -3.22. The average molecular weight is 743 g/mol. The number of para-hydroxylation sites is 2. The summed E-state index contributed by atoms with van der Waals surface area (Å²) in [6.07, 6.45) is 0.981. The first-order valence-electron chi connectivity index (χ1n) is 18.5. The number of hydrogen-bond donors (Lipinski definition) is 0. The molecule has 0 N–H and O–H groups in total. The van der Waals surface area contributed by atoms with E-state index in [-0.39, 0.29) is 39.3 Å². The van der Waals surface area contributed by atoms with Gasteiger partial charge in [0, 0.05) is 32.0 Å². The van der Waals surface area contributed by atoms with Crippen molar-refractivity contribution in [3.63, 3.8) is 0 Å². The molecule has 4 rings (SSSR count). The standard InChI is InChI=1S/C46H62O4S2/c1-15-45(11,12)39-29-35(28-38(44(8,9)10)41(39)50-31-48-33-24-20-17-21-25-33)52-46(13,14)51-34-26-36(42(2,3)4)40(37(27-34)43(5,6)7)49-30-47-32-22-18-16-19-23-32/h16-29H,15,30-31H2,1-14H3. The maximum atomic E-state index is 6.56. The van der Waals surface area contributed by atoms with Gasteiger partial charge in [0.2, 0.25) is 13.6 Å². The molecule has 0 radical (unpaired) electrons. The molecule has 0 heterocycles. The van der Waals surface area contributed by atoms with Crippen molar-refractivity contribution in [1.29, 1.82) is 0 Å². The van der Waals surface area contributed by atoms with Crippen LogP contribution in [-0.4, -0.2) is 17.7 Å². The first-order chi connectivity index (χ1) is 24.1. The van der Waals surface area contributed by atoms with Gasteiger partial charge in [0.15, 0.2) is 0 Å². The maximum absolute atomic E-state index is 6.56. The Bertz CT molecular complexity index is 1720. The summed E-state index contributed by atoms with van der Waals surface area (Å²) in [6.45, 7) is 32.2. The largest absolute Gasteiger partial charge is 0.458 e. The lowest BCUT2D eigenvalue weighted by Crippen LogP contribution is -2.23. The summed E-state index contributed by atoms with van der Waals surface area (Å²) in [5, 5.41) is 0. The summed E-state index contributed by atoms with van der Waals surface area (Å²) in [6, 6.07) is 29.1. The lowest BCUT2D eigenvalue weighted by atomic mass is 9.77. The zero-order chi connectivity index (χ0) is 38.5. The van der Waals surface area contributed by atoms with Crippen LogP contribution >= 0.6 is 23.5 Å². The molecule has 0 saturated carbocycles. The first-order valence-corrected chi connectivity index (χ1v) is 20.1. The van der Waals surface area contributed by atoms with Crippen molar-refractivity contribution in [3.8, 4) is 23.0 Å². The molecule has 6 heteroatoms. The first kappa shape index (κ1) is 41.5. The van der Waals surface area contributed by atoms with E-state index in [9.17, 15) is 0 Å². The quantitative estimate of drug-likeness (QED) is 0.0946. The number of rotatable bonds is 14. The van der Waals surface area contributed by atoms with Gasteiger partial charge in [-0.25, -0.2) is 0 Å². The Morgan fingerprint density at radius 3 is 1.10 bits per heavy atom. The highest BCUT2D eigenvalue weighted by molar-refractivity contribution is 8.18. The van der Waals surface area contributed by atoms with Gasteiger partial charge in [0.1, 0.15) is 23.0 Å². The minimum Gasteiger partial charge on any atom is -0.458 e. The van der Waals surface area contributed by atoms with E-state index in [0.29, 0.717) is 0 Å². The van der Waals surface area contributed by atoms with Crippen LogP contribution in [0.25, 0.3) is 0 Å². The SMILES string of the molecule is CCC(C)(C)c1cc(SC(C)(C)Sc2cc(C(C)(C)C)c(OCOc3ccccc3)c(C(C)(C)C)c2)cc(C(C)(C)C)c1OCOc1ccccc1. The Kier molecular flexibility index (Phi) is 13.1. The smallest absolute Gasteiger partial charge is 0.230 e. The molecule has 0 amide bonds. The average Bonchev–Trinajstić information content (AvgIpc) is 3.04. The normalized spacial score (nSPS) is 12.8.